The summed E-state index contributed by atoms with van der Waals surface area (Å²) in [5.41, 5.74) is 1.38. The summed E-state index contributed by atoms with van der Waals surface area (Å²) in [5.74, 6) is 0.745. The minimum absolute atomic E-state index is 0.0877. The summed E-state index contributed by atoms with van der Waals surface area (Å²) in [6, 6.07) is 17.2. The van der Waals surface area contributed by atoms with E-state index in [-0.39, 0.29) is 5.56 Å². The first-order valence-electron chi connectivity index (χ1n) is 7.48. The fourth-order valence-electron chi connectivity index (χ4n) is 2.35. The second-order valence-corrected chi connectivity index (χ2v) is 7.12. The van der Waals surface area contributed by atoms with Crippen LogP contribution in [0.2, 0.25) is 0 Å². The lowest BCUT2D eigenvalue weighted by Crippen LogP contribution is -2.21. The molecule has 2 aromatic carbocycles. The van der Waals surface area contributed by atoms with Gasteiger partial charge in [0.1, 0.15) is 0 Å². The van der Waals surface area contributed by atoms with Crippen molar-refractivity contribution >= 4 is 38.6 Å². The SMILES string of the molecule is N#CCCCSc1nc2ccc(Br)cc2c(=O)n1-c1ccccc1. The van der Waals surface area contributed by atoms with E-state index in [1.165, 1.54) is 11.8 Å². The lowest BCUT2D eigenvalue weighted by molar-refractivity contribution is 0.817. The number of hydrogen-bond donors (Lipinski definition) is 0. The Kier molecular flexibility index (Phi) is 5.34. The van der Waals surface area contributed by atoms with Gasteiger partial charge in [0.2, 0.25) is 0 Å². The summed E-state index contributed by atoms with van der Waals surface area (Å²) < 4.78 is 2.49. The average Bonchev–Trinajstić information content (AvgIpc) is 2.60. The Labute approximate surface area is 152 Å². The molecule has 0 amide bonds. The number of nitrogens with zero attached hydrogens (tertiary/aromatic N) is 3. The number of hydrogen-bond acceptors (Lipinski definition) is 4. The molecule has 0 saturated heterocycles. The molecule has 0 bridgehead atoms. The molecule has 0 fully saturated rings. The first-order chi connectivity index (χ1) is 11.7. The normalized spacial score (nSPS) is 10.7. The number of nitriles is 1. The van der Waals surface area contributed by atoms with Gasteiger partial charge in [-0.05, 0) is 36.8 Å². The van der Waals surface area contributed by atoms with Crippen molar-refractivity contribution in [2.75, 3.05) is 5.75 Å². The van der Waals surface area contributed by atoms with Crippen LogP contribution in [0, 0.1) is 11.3 Å². The molecule has 0 unspecified atom stereocenters. The van der Waals surface area contributed by atoms with Crippen LogP contribution in [0.5, 0.6) is 0 Å². The van der Waals surface area contributed by atoms with E-state index in [9.17, 15) is 4.79 Å². The molecule has 0 radical (unpaired) electrons. The summed E-state index contributed by atoms with van der Waals surface area (Å²) in [6.45, 7) is 0. The Balaban J connectivity index is 2.15. The minimum atomic E-state index is -0.0877. The monoisotopic (exact) mass is 399 g/mol. The number of halogens is 1. The van der Waals surface area contributed by atoms with Crippen molar-refractivity contribution < 1.29 is 0 Å². The molecule has 0 aliphatic carbocycles. The van der Waals surface area contributed by atoms with Crippen molar-refractivity contribution in [3.8, 4) is 11.8 Å². The fourth-order valence-corrected chi connectivity index (χ4v) is 3.67. The number of fused-ring (bicyclic) bond motifs is 1. The number of unbranched alkanes of at least 4 members (excludes halogenated alkanes) is 1. The first kappa shape index (κ1) is 16.7. The van der Waals surface area contributed by atoms with Crippen LogP contribution in [0.1, 0.15) is 12.8 Å². The third-order valence-electron chi connectivity index (χ3n) is 3.48. The molecular weight excluding hydrogens is 386 g/mol. The van der Waals surface area contributed by atoms with Crippen LogP contribution in [0.25, 0.3) is 16.6 Å². The van der Waals surface area contributed by atoms with Gasteiger partial charge in [-0.2, -0.15) is 5.26 Å². The van der Waals surface area contributed by atoms with Crippen molar-refractivity contribution in [3.05, 3.63) is 63.4 Å². The average molecular weight is 400 g/mol. The van der Waals surface area contributed by atoms with Crippen LogP contribution in [-0.4, -0.2) is 15.3 Å². The first-order valence-corrected chi connectivity index (χ1v) is 9.26. The van der Waals surface area contributed by atoms with E-state index in [0.29, 0.717) is 22.5 Å². The fraction of sp³-hybridized carbons (Fsp3) is 0.167. The van der Waals surface area contributed by atoms with Crippen LogP contribution in [-0.2, 0) is 0 Å². The van der Waals surface area contributed by atoms with Gasteiger partial charge in [0.05, 0.1) is 22.7 Å². The quantitative estimate of drug-likeness (QED) is 0.358. The summed E-state index contributed by atoms with van der Waals surface area (Å²) in [7, 11) is 0. The molecule has 1 aromatic heterocycles. The molecule has 3 aromatic rings. The Morgan fingerprint density at radius 3 is 2.75 bits per heavy atom. The highest BCUT2D eigenvalue weighted by molar-refractivity contribution is 9.10. The predicted molar refractivity (Wildman–Crippen MR) is 101 cm³/mol. The zero-order chi connectivity index (χ0) is 16.9. The van der Waals surface area contributed by atoms with Crippen LogP contribution in [0.15, 0.2) is 63.0 Å². The minimum Gasteiger partial charge on any atom is -0.268 e. The van der Waals surface area contributed by atoms with Crippen LogP contribution < -0.4 is 5.56 Å². The van der Waals surface area contributed by atoms with E-state index in [4.69, 9.17) is 5.26 Å². The highest BCUT2D eigenvalue weighted by atomic mass is 79.9. The Morgan fingerprint density at radius 2 is 2.00 bits per heavy atom. The molecule has 4 nitrogen and oxygen atoms in total. The molecule has 0 spiro atoms. The highest BCUT2D eigenvalue weighted by Crippen LogP contribution is 2.23. The van der Waals surface area contributed by atoms with Crippen molar-refractivity contribution in [2.24, 2.45) is 0 Å². The zero-order valence-corrected chi connectivity index (χ0v) is 15.2. The van der Waals surface area contributed by atoms with Crippen molar-refractivity contribution in [3.63, 3.8) is 0 Å². The summed E-state index contributed by atoms with van der Waals surface area (Å²) in [5, 5.41) is 9.90. The third-order valence-corrected chi connectivity index (χ3v) is 5.00. The molecular formula is C18H14BrN3OS. The number of rotatable bonds is 5. The van der Waals surface area contributed by atoms with Gasteiger partial charge >= 0.3 is 0 Å². The largest absolute Gasteiger partial charge is 0.268 e. The molecule has 0 atom stereocenters. The van der Waals surface area contributed by atoms with Gasteiger partial charge in [0, 0.05) is 16.6 Å². The zero-order valence-electron chi connectivity index (χ0n) is 12.8. The molecule has 0 aliphatic rings. The van der Waals surface area contributed by atoms with Crippen molar-refractivity contribution in [1.82, 2.24) is 9.55 Å². The number of benzene rings is 2. The Hall–Kier alpha value is -2.10. The van der Waals surface area contributed by atoms with Crippen LogP contribution in [0.3, 0.4) is 0 Å². The van der Waals surface area contributed by atoms with E-state index >= 15 is 0 Å². The molecule has 0 N–H and O–H groups in total. The second kappa shape index (κ2) is 7.65. The van der Waals surface area contributed by atoms with Crippen molar-refractivity contribution in [1.29, 1.82) is 5.26 Å². The summed E-state index contributed by atoms with van der Waals surface area (Å²) in [4.78, 5) is 17.7. The Bertz CT molecular complexity index is 964. The maximum absolute atomic E-state index is 13.0. The van der Waals surface area contributed by atoms with E-state index in [1.807, 2.05) is 42.5 Å². The third kappa shape index (κ3) is 3.53. The van der Waals surface area contributed by atoms with Gasteiger partial charge in [0.15, 0.2) is 5.16 Å². The molecule has 24 heavy (non-hydrogen) atoms. The number of thioether (sulfide) groups is 1. The van der Waals surface area contributed by atoms with Crippen LogP contribution >= 0.6 is 27.7 Å². The lowest BCUT2D eigenvalue weighted by Gasteiger charge is -2.13. The van der Waals surface area contributed by atoms with Gasteiger partial charge in [-0.1, -0.05) is 45.9 Å². The van der Waals surface area contributed by atoms with E-state index < -0.39 is 0 Å². The van der Waals surface area contributed by atoms with E-state index in [2.05, 4.69) is 27.0 Å². The van der Waals surface area contributed by atoms with Gasteiger partial charge < -0.3 is 0 Å². The summed E-state index contributed by atoms with van der Waals surface area (Å²) >= 11 is 4.92. The lowest BCUT2D eigenvalue weighted by atomic mass is 10.2. The topological polar surface area (TPSA) is 58.7 Å². The van der Waals surface area contributed by atoms with E-state index in [1.54, 1.807) is 10.6 Å². The van der Waals surface area contributed by atoms with E-state index in [0.717, 1.165) is 22.3 Å². The standard InChI is InChI=1S/C18H14BrN3OS/c19-13-8-9-16-15(12-13)17(23)22(14-6-2-1-3-7-14)18(21-16)24-11-5-4-10-20/h1-3,6-9,12H,4-5,11H2. The maximum Gasteiger partial charge on any atom is 0.266 e. The molecule has 0 saturated carbocycles. The number of aromatic nitrogens is 2. The van der Waals surface area contributed by atoms with Gasteiger partial charge in [-0.15, -0.1) is 0 Å². The van der Waals surface area contributed by atoms with Crippen LogP contribution in [0.4, 0.5) is 0 Å². The molecule has 0 aliphatic heterocycles. The molecule has 6 heteroatoms. The van der Waals surface area contributed by atoms with Gasteiger partial charge in [-0.25, -0.2) is 4.98 Å². The smallest absolute Gasteiger partial charge is 0.266 e. The predicted octanol–water partition coefficient (Wildman–Crippen LogP) is 4.54. The Morgan fingerprint density at radius 1 is 1.21 bits per heavy atom. The molecule has 120 valence electrons. The van der Waals surface area contributed by atoms with Crippen molar-refractivity contribution in [2.45, 2.75) is 18.0 Å². The second-order valence-electron chi connectivity index (χ2n) is 5.14. The van der Waals surface area contributed by atoms with Gasteiger partial charge in [0.25, 0.3) is 5.56 Å². The maximum atomic E-state index is 13.0. The molecule has 1 heterocycles. The molecule has 3 rings (SSSR count). The summed E-state index contributed by atoms with van der Waals surface area (Å²) in [6.07, 6.45) is 1.27. The van der Waals surface area contributed by atoms with Gasteiger partial charge in [-0.3, -0.25) is 9.36 Å². The number of para-hydroxylation sites is 1. The highest BCUT2D eigenvalue weighted by Gasteiger charge is 2.13.